The van der Waals surface area contributed by atoms with Crippen molar-refractivity contribution in [2.45, 2.75) is 19.3 Å². The lowest BCUT2D eigenvalue weighted by Crippen LogP contribution is -2.31. The molecule has 0 atom stereocenters. The van der Waals surface area contributed by atoms with Gasteiger partial charge in [0.15, 0.2) is 0 Å². The number of carbonyl (C=O) groups excluding carboxylic acids is 1. The number of hydrogen-bond acceptors (Lipinski definition) is 3. The highest BCUT2D eigenvalue weighted by Crippen LogP contribution is 2.28. The quantitative estimate of drug-likeness (QED) is 0.928. The summed E-state index contributed by atoms with van der Waals surface area (Å²) in [6, 6.07) is 5.22. The molecule has 1 fully saturated rings. The highest BCUT2D eigenvalue weighted by atomic mass is 35.5. The summed E-state index contributed by atoms with van der Waals surface area (Å²) in [6.07, 6.45) is 2.72. The van der Waals surface area contributed by atoms with E-state index in [1.165, 1.54) is 0 Å². The molecule has 5 heteroatoms. The molecule has 1 aliphatic heterocycles. The van der Waals surface area contributed by atoms with Crippen molar-refractivity contribution in [3.05, 3.63) is 23.2 Å². The van der Waals surface area contributed by atoms with Gasteiger partial charge in [0.05, 0.1) is 12.8 Å². The molecule has 110 valence electrons. The van der Waals surface area contributed by atoms with Crippen LogP contribution in [0.2, 0.25) is 5.02 Å². The third-order valence-electron chi connectivity index (χ3n) is 3.75. The summed E-state index contributed by atoms with van der Waals surface area (Å²) >= 11 is 5.95. The Hall–Kier alpha value is -1.26. The van der Waals surface area contributed by atoms with Crippen molar-refractivity contribution in [2.24, 2.45) is 5.92 Å². The molecule has 0 spiro atoms. The first-order valence-electron chi connectivity index (χ1n) is 6.90. The van der Waals surface area contributed by atoms with Crippen molar-refractivity contribution >= 4 is 23.2 Å². The molecule has 0 saturated carbocycles. The Bertz CT molecular complexity index is 471. The summed E-state index contributed by atoms with van der Waals surface area (Å²) < 4.78 is 5.23. The van der Waals surface area contributed by atoms with Gasteiger partial charge >= 0.3 is 0 Å². The van der Waals surface area contributed by atoms with E-state index in [0.29, 0.717) is 28.8 Å². The van der Waals surface area contributed by atoms with Crippen LogP contribution in [0.25, 0.3) is 0 Å². The zero-order valence-corrected chi connectivity index (χ0v) is 12.7. The number of carbonyl (C=O) groups is 1. The fourth-order valence-corrected chi connectivity index (χ4v) is 2.68. The van der Waals surface area contributed by atoms with Gasteiger partial charge in [0, 0.05) is 11.4 Å². The molecule has 4 nitrogen and oxygen atoms in total. The van der Waals surface area contributed by atoms with Crippen molar-refractivity contribution in [3.63, 3.8) is 0 Å². The predicted molar refractivity (Wildman–Crippen MR) is 81.5 cm³/mol. The molecule has 1 aromatic carbocycles. The predicted octanol–water partition coefficient (Wildman–Crippen LogP) is 3.02. The van der Waals surface area contributed by atoms with Crippen molar-refractivity contribution < 1.29 is 9.53 Å². The Labute approximate surface area is 125 Å². The van der Waals surface area contributed by atoms with Gasteiger partial charge < -0.3 is 15.0 Å². The molecule has 1 N–H and O–H groups in total. The summed E-state index contributed by atoms with van der Waals surface area (Å²) in [4.78, 5) is 14.4. The monoisotopic (exact) mass is 296 g/mol. The Kier molecular flexibility index (Phi) is 5.26. The van der Waals surface area contributed by atoms with E-state index in [1.807, 2.05) is 0 Å². The van der Waals surface area contributed by atoms with E-state index in [4.69, 9.17) is 16.3 Å². The van der Waals surface area contributed by atoms with E-state index in [-0.39, 0.29) is 5.91 Å². The Balaban J connectivity index is 1.92. The summed E-state index contributed by atoms with van der Waals surface area (Å²) in [7, 11) is 3.70. The van der Waals surface area contributed by atoms with Crippen LogP contribution < -0.4 is 10.1 Å². The lowest BCUT2D eigenvalue weighted by molar-refractivity contribution is -0.117. The maximum absolute atomic E-state index is 12.1. The van der Waals surface area contributed by atoms with Gasteiger partial charge in [-0.2, -0.15) is 0 Å². The number of benzene rings is 1. The third kappa shape index (κ3) is 4.12. The number of rotatable bonds is 4. The maximum atomic E-state index is 12.1. The van der Waals surface area contributed by atoms with Gasteiger partial charge in [0.25, 0.3) is 0 Å². The van der Waals surface area contributed by atoms with Crippen molar-refractivity contribution in [2.75, 3.05) is 32.6 Å². The van der Waals surface area contributed by atoms with Gasteiger partial charge in [-0.05, 0) is 57.1 Å². The molecule has 1 saturated heterocycles. The third-order valence-corrected chi connectivity index (χ3v) is 3.98. The number of ether oxygens (including phenoxy) is 1. The molecular weight excluding hydrogens is 276 g/mol. The largest absolute Gasteiger partial charge is 0.495 e. The average molecular weight is 297 g/mol. The lowest BCUT2D eigenvalue weighted by atomic mass is 9.93. The number of anilines is 1. The van der Waals surface area contributed by atoms with Crippen LogP contribution in [0.15, 0.2) is 18.2 Å². The van der Waals surface area contributed by atoms with Crippen LogP contribution in [0.4, 0.5) is 5.69 Å². The van der Waals surface area contributed by atoms with Crippen molar-refractivity contribution in [1.82, 2.24) is 4.90 Å². The molecule has 1 aliphatic rings. The maximum Gasteiger partial charge on any atom is 0.224 e. The van der Waals surface area contributed by atoms with E-state index in [2.05, 4.69) is 17.3 Å². The van der Waals surface area contributed by atoms with Crippen LogP contribution in [0.5, 0.6) is 5.75 Å². The van der Waals surface area contributed by atoms with Crippen LogP contribution >= 0.6 is 11.6 Å². The van der Waals surface area contributed by atoms with Crippen LogP contribution in [0.3, 0.4) is 0 Å². The standard InChI is InChI=1S/C15H21ClN2O2/c1-18-7-5-11(6-8-18)9-15(19)17-13-10-12(16)3-4-14(13)20-2/h3-4,10-11H,5-9H2,1-2H3,(H,17,19). The molecule has 1 heterocycles. The van der Waals surface area contributed by atoms with E-state index in [0.717, 1.165) is 25.9 Å². The topological polar surface area (TPSA) is 41.6 Å². The molecule has 20 heavy (non-hydrogen) atoms. The second kappa shape index (κ2) is 6.95. The van der Waals surface area contributed by atoms with E-state index < -0.39 is 0 Å². The molecular formula is C15H21ClN2O2. The normalized spacial score (nSPS) is 16.9. The second-order valence-electron chi connectivity index (χ2n) is 5.34. The molecule has 1 aromatic rings. The van der Waals surface area contributed by atoms with Gasteiger partial charge in [0.1, 0.15) is 5.75 Å². The Morgan fingerprint density at radius 1 is 1.45 bits per heavy atom. The molecule has 2 rings (SSSR count). The average Bonchev–Trinajstić information content (AvgIpc) is 2.41. The van der Waals surface area contributed by atoms with Gasteiger partial charge in [-0.15, -0.1) is 0 Å². The summed E-state index contributed by atoms with van der Waals surface area (Å²) in [5, 5.41) is 3.48. The summed E-state index contributed by atoms with van der Waals surface area (Å²) in [6.45, 7) is 2.14. The lowest BCUT2D eigenvalue weighted by Gasteiger charge is -2.28. The van der Waals surface area contributed by atoms with E-state index in [9.17, 15) is 4.79 Å². The number of methoxy groups -OCH3 is 1. The molecule has 0 unspecified atom stereocenters. The number of hydrogen-bond donors (Lipinski definition) is 1. The highest BCUT2D eigenvalue weighted by Gasteiger charge is 2.20. The number of amides is 1. The first-order chi connectivity index (χ1) is 9.58. The Morgan fingerprint density at radius 3 is 2.80 bits per heavy atom. The van der Waals surface area contributed by atoms with Crippen LogP contribution in [0.1, 0.15) is 19.3 Å². The van der Waals surface area contributed by atoms with Gasteiger partial charge in [0.2, 0.25) is 5.91 Å². The minimum atomic E-state index is 0.0279. The number of nitrogens with one attached hydrogen (secondary N) is 1. The minimum absolute atomic E-state index is 0.0279. The van der Waals surface area contributed by atoms with Crippen molar-refractivity contribution in [3.8, 4) is 5.75 Å². The number of nitrogens with zero attached hydrogens (tertiary/aromatic N) is 1. The molecule has 0 aromatic heterocycles. The number of likely N-dealkylation sites (tertiary alicyclic amines) is 1. The van der Waals surface area contributed by atoms with Crippen LogP contribution in [0, 0.1) is 5.92 Å². The summed E-state index contributed by atoms with van der Waals surface area (Å²) in [5.74, 6) is 1.13. The summed E-state index contributed by atoms with van der Waals surface area (Å²) in [5.41, 5.74) is 0.637. The number of piperidine rings is 1. The molecule has 1 amide bonds. The Morgan fingerprint density at radius 2 is 2.15 bits per heavy atom. The SMILES string of the molecule is COc1ccc(Cl)cc1NC(=O)CC1CCN(C)CC1. The van der Waals surface area contributed by atoms with Gasteiger partial charge in [-0.1, -0.05) is 11.6 Å². The van der Waals surface area contributed by atoms with Crippen molar-refractivity contribution in [1.29, 1.82) is 0 Å². The zero-order chi connectivity index (χ0) is 14.5. The molecule has 0 radical (unpaired) electrons. The van der Waals surface area contributed by atoms with E-state index in [1.54, 1.807) is 25.3 Å². The van der Waals surface area contributed by atoms with Gasteiger partial charge in [-0.3, -0.25) is 4.79 Å². The number of halogens is 1. The second-order valence-corrected chi connectivity index (χ2v) is 5.78. The smallest absolute Gasteiger partial charge is 0.224 e. The first-order valence-corrected chi connectivity index (χ1v) is 7.28. The molecule has 0 bridgehead atoms. The zero-order valence-electron chi connectivity index (χ0n) is 12.0. The molecule has 0 aliphatic carbocycles. The van der Waals surface area contributed by atoms with Crippen LogP contribution in [-0.2, 0) is 4.79 Å². The highest BCUT2D eigenvalue weighted by molar-refractivity contribution is 6.31. The fraction of sp³-hybridized carbons (Fsp3) is 0.533. The van der Waals surface area contributed by atoms with Crippen LogP contribution in [-0.4, -0.2) is 38.1 Å². The van der Waals surface area contributed by atoms with E-state index >= 15 is 0 Å². The minimum Gasteiger partial charge on any atom is -0.495 e. The first kappa shape index (κ1) is 15.1. The fourth-order valence-electron chi connectivity index (χ4n) is 2.51. The van der Waals surface area contributed by atoms with Gasteiger partial charge in [-0.25, -0.2) is 0 Å².